The third-order valence-corrected chi connectivity index (χ3v) is 3.69. The van der Waals surface area contributed by atoms with E-state index in [0.29, 0.717) is 6.04 Å². The minimum absolute atomic E-state index is 0.415. The molecule has 0 amide bonds. The van der Waals surface area contributed by atoms with Crippen LogP contribution < -0.4 is 0 Å². The van der Waals surface area contributed by atoms with E-state index in [1.807, 2.05) is 18.3 Å². The van der Waals surface area contributed by atoms with Crippen LogP contribution in [0.3, 0.4) is 0 Å². The fourth-order valence-electron chi connectivity index (χ4n) is 2.36. The lowest BCUT2D eigenvalue weighted by Crippen LogP contribution is -2.06. The van der Waals surface area contributed by atoms with Gasteiger partial charge in [-0.25, -0.2) is 4.98 Å². The summed E-state index contributed by atoms with van der Waals surface area (Å²) in [6.07, 6.45) is 8.16. The molecule has 0 radical (unpaired) electrons. The number of nitrogens with zero attached hydrogens (tertiary/aromatic N) is 2. The summed E-state index contributed by atoms with van der Waals surface area (Å²) in [5.74, 6) is 0. The molecular formula is C14H21N3S. The summed E-state index contributed by atoms with van der Waals surface area (Å²) >= 11 is 5.40. The average molecular weight is 263 g/mol. The maximum Gasteiger partial charge on any atom is 0.179 e. The largest absolute Gasteiger partial charge is 0.329 e. The second-order valence-corrected chi connectivity index (χ2v) is 5.26. The molecule has 2 rings (SSSR count). The van der Waals surface area contributed by atoms with E-state index in [-0.39, 0.29) is 0 Å². The molecular weight excluding hydrogens is 242 g/mol. The Bertz CT molecular complexity index is 555. The van der Waals surface area contributed by atoms with Gasteiger partial charge in [-0.1, -0.05) is 32.6 Å². The number of hydrogen-bond acceptors (Lipinski definition) is 2. The normalized spacial score (nSPS) is 13.0. The fourth-order valence-corrected chi connectivity index (χ4v) is 2.74. The van der Waals surface area contributed by atoms with Crippen molar-refractivity contribution in [2.24, 2.45) is 0 Å². The van der Waals surface area contributed by atoms with Gasteiger partial charge in [-0.15, -0.1) is 0 Å². The molecule has 2 aromatic heterocycles. The number of unbranched alkanes of at least 4 members (excludes halogenated alkanes) is 3. The number of fused-ring (bicyclic) bond motifs is 1. The molecule has 1 N–H and O–H groups in total. The summed E-state index contributed by atoms with van der Waals surface area (Å²) in [4.78, 5) is 7.66. The van der Waals surface area contributed by atoms with Gasteiger partial charge in [-0.05, 0) is 37.7 Å². The molecule has 2 aromatic rings. The lowest BCUT2D eigenvalue weighted by Gasteiger charge is -2.13. The summed E-state index contributed by atoms with van der Waals surface area (Å²) in [6, 6.07) is 4.38. The van der Waals surface area contributed by atoms with Crippen LogP contribution in [0.15, 0.2) is 18.3 Å². The molecule has 4 heteroatoms. The first kappa shape index (κ1) is 13.3. The van der Waals surface area contributed by atoms with Gasteiger partial charge in [0.1, 0.15) is 0 Å². The van der Waals surface area contributed by atoms with Crippen molar-refractivity contribution in [2.75, 3.05) is 0 Å². The van der Waals surface area contributed by atoms with Crippen molar-refractivity contribution in [1.29, 1.82) is 0 Å². The Balaban J connectivity index is 2.14. The third kappa shape index (κ3) is 2.80. The van der Waals surface area contributed by atoms with Gasteiger partial charge in [-0.2, -0.15) is 0 Å². The number of hydrogen-bond donors (Lipinski definition) is 1. The van der Waals surface area contributed by atoms with Crippen LogP contribution in [0, 0.1) is 4.77 Å². The molecule has 0 aliphatic rings. The van der Waals surface area contributed by atoms with Gasteiger partial charge in [0.15, 0.2) is 10.4 Å². The zero-order chi connectivity index (χ0) is 13.0. The van der Waals surface area contributed by atoms with Gasteiger partial charge in [0.05, 0.1) is 5.52 Å². The van der Waals surface area contributed by atoms with E-state index in [9.17, 15) is 0 Å². The van der Waals surface area contributed by atoms with Crippen LogP contribution in [-0.2, 0) is 0 Å². The Labute approximate surface area is 113 Å². The summed E-state index contributed by atoms with van der Waals surface area (Å²) in [5, 5.41) is 0. The Hall–Kier alpha value is -1.16. The van der Waals surface area contributed by atoms with Crippen LogP contribution in [0.5, 0.6) is 0 Å². The van der Waals surface area contributed by atoms with E-state index >= 15 is 0 Å². The number of rotatable bonds is 6. The van der Waals surface area contributed by atoms with Crippen molar-refractivity contribution in [2.45, 2.75) is 52.0 Å². The molecule has 18 heavy (non-hydrogen) atoms. The van der Waals surface area contributed by atoms with Crippen LogP contribution in [0.1, 0.15) is 52.0 Å². The molecule has 0 saturated carbocycles. The van der Waals surface area contributed by atoms with Crippen LogP contribution >= 0.6 is 12.2 Å². The van der Waals surface area contributed by atoms with E-state index in [0.717, 1.165) is 22.4 Å². The van der Waals surface area contributed by atoms with Crippen LogP contribution in [-0.4, -0.2) is 14.5 Å². The number of H-pyrrole nitrogens is 1. The molecule has 0 bridgehead atoms. The Morgan fingerprint density at radius 2 is 2.22 bits per heavy atom. The van der Waals surface area contributed by atoms with Crippen molar-refractivity contribution in [1.82, 2.24) is 14.5 Å². The highest BCUT2D eigenvalue weighted by molar-refractivity contribution is 7.71. The molecule has 3 nitrogen and oxygen atoms in total. The average Bonchev–Trinajstić information content (AvgIpc) is 2.70. The highest BCUT2D eigenvalue weighted by Crippen LogP contribution is 2.21. The van der Waals surface area contributed by atoms with Crippen LogP contribution in [0.25, 0.3) is 11.2 Å². The molecule has 0 aromatic carbocycles. The second kappa shape index (κ2) is 6.14. The minimum atomic E-state index is 0.415. The molecule has 2 heterocycles. The maximum atomic E-state index is 5.40. The summed E-state index contributed by atoms with van der Waals surface area (Å²) in [5.41, 5.74) is 2.01. The molecule has 0 fully saturated rings. The molecule has 1 unspecified atom stereocenters. The minimum Gasteiger partial charge on any atom is -0.329 e. The highest BCUT2D eigenvalue weighted by atomic mass is 32.1. The van der Waals surface area contributed by atoms with Gasteiger partial charge in [0.2, 0.25) is 0 Å². The second-order valence-electron chi connectivity index (χ2n) is 4.87. The van der Waals surface area contributed by atoms with E-state index in [1.165, 1.54) is 25.7 Å². The molecule has 1 atom stereocenters. The molecule has 0 spiro atoms. The van der Waals surface area contributed by atoms with E-state index in [2.05, 4.69) is 28.4 Å². The maximum absolute atomic E-state index is 5.40. The third-order valence-electron chi connectivity index (χ3n) is 3.39. The standard InChI is InChI=1S/C14H21N3S/c1-3-4-5-6-8-11(2)17-13-12(16-14(17)18)9-7-10-15-13/h7,9-11H,3-6,8H2,1-2H3,(H,16,18). The van der Waals surface area contributed by atoms with Crippen molar-refractivity contribution in [3.8, 4) is 0 Å². The Morgan fingerprint density at radius 1 is 1.39 bits per heavy atom. The van der Waals surface area contributed by atoms with Crippen molar-refractivity contribution in [3.63, 3.8) is 0 Å². The lowest BCUT2D eigenvalue weighted by atomic mass is 10.1. The van der Waals surface area contributed by atoms with Gasteiger partial charge in [0.25, 0.3) is 0 Å². The van der Waals surface area contributed by atoms with Crippen molar-refractivity contribution in [3.05, 3.63) is 23.1 Å². The first-order valence-corrected chi connectivity index (χ1v) is 7.20. The molecule has 0 aliphatic carbocycles. The van der Waals surface area contributed by atoms with Crippen LogP contribution in [0.2, 0.25) is 0 Å². The fraction of sp³-hybridized carbons (Fsp3) is 0.571. The Morgan fingerprint density at radius 3 is 3.00 bits per heavy atom. The van der Waals surface area contributed by atoms with E-state index < -0.39 is 0 Å². The predicted molar refractivity (Wildman–Crippen MR) is 78.4 cm³/mol. The van der Waals surface area contributed by atoms with Gasteiger partial charge in [0, 0.05) is 12.2 Å². The smallest absolute Gasteiger partial charge is 0.179 e. The molecule has 98 valence electrons. The molecule has 0 aliphatic heterocycles. The zero-order valence-corrected chi connectivity index (χ0v) is 12.0. The van der Waals surface area contributed by atoms with Gasteiger partial charge < -0.3 is 4.98 Å². The van der Waals surface area contributed by atoms with Crippen molar-refractivity contribution < 1.29 is 0 Å². The first-order chi connectivity index (χ1) is 8.74. The SMILES string of the molecule is CCCCCCC(C)n1c(=S)[nH]c2cccnc21. The Kier molecular flexibility index (Phi) is 4.53. The van der Waals surface area contributed by atoms with Gasteiger partial charge in [-0.3, -0.25) is 4.57 Å². The number of aromatic nitrogens is 3. The quantitative estimate of drug-likeness (QED) is 0.609. The lowest BCUT2D eigenvalue weighted by molar-refractivity contribution is 0.476. The van der Waals surface area contributed by atoms with Gasteiger partial charge >= 0.3 is 0 Å². The van der Waals surface area contributed by atoms with Crippen LogP contribution in [0.4, 0.5) is 0 Å². The number of nitrogens with one attached hydrogen (secondary N) is 1. The summed E-state index contributed by atoms with van der Waals surface area (Å²) in [7, 11) is 0. The zero-order valence-electron chi connectivity index (χ0n) is 11.1. The topological polar surface area (TPSA) is 33.6 Å². The molecule has 0 saturated heterocycles. The van der Waals surface area contributed by atoms with E-state index in [4.69, 9.17) is 12.2 Å². The monoisotopic (exact) mass is 263 g/mol. The van der Waals surface area contributed by atoms with Crippen molar-refractivity contribution >= 4 is 23.4 Å². The van der Waals surface area contributed by atoms with E-state index in [1.54, 1.807) is 0 Å². The number of pyridine rings is 1. The summed E-state index contributed by atoms with van der Waals surface area (Å²) in [6.45, 7) is 4.47. The highest BCUT2D eigenvalue weighted by Gasteiger charge is 2.11. The summed E-state index contributed by atoms with van der Waals surface area (Å²) < 4.78 is 2.93. The number of aromatic amines is 1. The number of imidazole rings is 1. The first-order valence-electron chi connectivity index (χ1n) is 6.79. The predicted octanol–water partition coefficient (Wildman–Crippen LogP) is 4.63.